The molecule has 8 bridgehead atoms. The highest BCUT2D eigenvalue weighted by Gasteiger charge is 2.56. The maximum Gasteiger partial charge on any atom is 0.212 e. The van der Waals surface area contributed by atoms with E-state index in [1.54, 1.807) is 0 Å². The van der Waals surface area contributed by atoms with Gasteiger partial charge in [-0.3, -0.25) is 0 Å². The molecule has 0 unspecified atom stereocenters. The normalized spacial score (nSPS) is 33.0. The molecule has 4 aromatic rings. The van der Waals surface area contributed by atoms with E-state index in [9.17, 15) is 0 Å². The van der Waals surface area contributed by atoms with Gasteiger partial charge in [-0.1, -0.05) is 0 Å². The predicted octanol–water partition coefficient (Wildman–Crippen LogP) is 10.7. The highest BCUT2D eigenvalue weighted by Crippen LogP contribution is 2.68. The molecule has 0 spiro atoms. The average Bonchev–Trinajstić information content (AvgIpc) is 3.07. The molecule has 0 amide bonds. The Hall–Kier alpha value is -4.32. The van der Waals surface area contributed by atoms with Crippen molar-refractivity contribution in [2.75, 3.05) is 17.2 Å². The molecule has 258 valence electrons. The van der Waals surface area contributed by atoms with Crippen LogP contribution in [0.3, 0.4) is 0 Å². The summed E-state index contributed by atoms with van der Waals surface area (Å²) in [6.45, 7) is 0. The van der Waals surface area contributed by atoms with E-state index in [1.165, 1.54) is 88.2 Å². The van der Waals surface area contributed by atoms with Crippen molar-refractivity contribution < 1.29 is 14.2 Å². The lowest BCUT2D eigenvalue weighted by atomic mass is 9.46. The molecule has 0 radical (unpaired) electrons. The fourth-order valence-corrected chi connectivity index (χ4v) is 12.5. The minimum Gasteiger partial charge on any atom is -0.453 e. The molecule has 6 nitrogen and oxygen atoms in total. The number of rotatable bonds is 8. The molecule has 0 aliphatic heterocycles. The molecule has 0 aromatic heterocycles. The van der Waals surface area contributed by atoms with Crippen molar-refractivity contribution in [3.8, 4) is 34.5 Å². The molecular weight excluding hydrogens is 619 g/mol. The van der Waals surface area contributed by atoms with Gasteiger partial charge in [0, 0.05) is 28.2 Å². The number of hydrogen-bond donors (Lipinski definition) is 3. The largest absolute Gasteiger partial charge is 0.453 e. The van der Waals surface area contributed by atoms with E-state index in [0.29, 0.717) is 28.6 Å². The van der Waals surface area contributed by atoms with Crippen LogP contribution >= 0.6 is 0 Å². The summed E-state index contributed by atoms with van der Waals surface area (Å²) < 4.78 is 21.4. The Kier molecular flexibility index (Phi) is 6.92. The van der Waals surface area contributed by atoms with Crippen LogP contribution in [0.4, 0.5) is 17.1 Å². The molecule has 8 fully saturated rings. The summed E-state index contributed by atoms with van der Waals surface area (Å²) in [5.41, 5.74) is 23.4. The maximum atomic E-state index is 7.15. The number of ether oxygens (including phenoxy) is 3. The van der Waals surface area contributed by atoms with Crippen molar-refractivity contribution in [3.63, 3.8) is 0 Å². The van der Waals surface area contributed by atoms with Gasteiger partial charge in [0.15, 0.2) is 11.5 Å². The molecule has 4 aromatic carbocycles. The first-order valence-corrected chi connectivity index (χ1v) is 19.1. The van der Waals surface area contributed by atoms with Crippen LogP contribution in [0, 0.1) is 35.5 Å². The highest BCUT2D eigenvalue weighted by atomic mass is 16.5. The molecule has 0 atom stereocenters. The van der Waals surface area contributed by atoms with Gasteiger partial charge in [0.2, 0.25) is 5.75 Å². The maximum absolute atomic E-state index is 7.15. The van der Waals surface area contributed by atoms with Crippen molar-refractivity contribution in [1.29, 1.82) is 0 Å². The molecule has 50 heavy (non-hydrogen) atoms. The average molecular weight is 668 g/mol. The molecule has 12 rings (SSSR count). The second kappa shape index (κ2) is 11.3. The zero-order chi connectivity index (χ0) is 33.6. The van der Waals surface area contributed by atoms with Crippen LogP contribution in [0.2, 0.25) is 0 Å². The van der Waals surface area contributed by atoms with Crippen LogP contribution in [-0.4, -0.2) is 0 Å². The quantitative estimate of drug-likeness (QED) is 0.162. The molecule has 6 heteroatoms. The van der Waals surface area contributed by atoms with Gasteiger partial charge in [0.1, 0.15) is 17.2 Å². The summed E-state index contributed by atoms with van der Waals surface area (Å²) in [7, 11) is 0. The molecule has 8 aliphatic rings. The van der Waals surface area contributed by atoms with Gasteiger partial charge < -0.3 is 31.4 Å². The lowest BCUT2D eigenvalue weighted by Crippen LogP contribution is -2.50. The summed E-state index contributed by atoms with van der Waals surface area (Å²) in [5, 5.41) is 0. The van der Waals surface area contributed by atoms with E-state index in [4.69, 9.17) is 31.4 Å². The Morgan fingerprint density at radius 2 is 0.640 bits per heavy atom. The van der Waals surface area contributed by atoms with Crippen molar-refractivity contribution >= 4 is 17.1 Å². The lowest BCUT2D eigenvalue weighted by Gasteiger charge is -2.59. The molecule has 8 saturated carbocycles. The third kappa shape index (κ3) is 5.20. The molecular formula is C44H49N3O3. The van der Waals surface area contributed by atoms with Gasteiger partial charge in [0.25, 0.3) is 0 Å². The number of benzene rings is 4. The standard InChI is InChI=1S/C44H49N3O3/c45-32-1-7-35(8-2-32)48-40-38(43-20-26-13-27(21-43)15-28(14-26)22-43)19-39(44-23-29-16-30(24-44)18-31(17-29)25-44)41(49-36-9-3-33(46)4-10-36)42(40)50-37-11-5-34(47)6-12-37/h1-12,19,26-31H,13-18,20-25,45-47H2. The van der Waals surface area contributed by atoms with Gasteiger partial charge >= 0.3 is 0 Å². The SMILES string of the molecule is Nc1ccc(Oc2c(C34CC5CC(CC(C5)C3)C4)cc(C34CC5CC(CC(C5)C3)C4)c(Oc3ccc(N)cc3)c2Oc2ccc(N)cc2)cc1. The van der Waals surface area contributed by atoms with E-state index < -0.39 is 0 Å². The summed E-state index contributed by atoms with van der Waals surface area (Å²) in [6.07, 6.45) is 15.6. The Morgan fingerprint density at radius 1 is 0.380 bits per heavy atom. The Balaban J connectivity index is 1.24. The fourth-order valence-electron chi connectivity index (χ4n) is 12.5. The number of anilines is 3. The third-order valence-electron chi connectivity index (χ3n) is 13.7. The van der Waals surface area contributed by atoms with Crippen molar-refractivity contribution in [3.05, 3.63) is 90.0 Å². The molecule has 8 aliphatic carbocycles. The van der Waals surface area contributed by atoms with Gasteiger partial charge in [0.05, 0.1) is 0 Å². The van der Waals surface area contributed by atoms with Crippen molar-refractivity contribution in [2.24, 2.45) is 35.5 Å². The van der Waals surface area contributed by atoms with Crippen LogP contribution in [0.25, 0.3) is 0 Å². The van der Waals surface area contributed by atoms with Crippen LogP contribution < -0.4 is 31.4 Å². The van der Waals surface area contributed by atoms with E-state index in [0.717, 1.165) is 58.5 Å². The van der Waals surface area contributed by atoms with Crippen LogP contribution in [0.5, 0.6) is 34.5 Å². The highest BCUT2D eigenvalue weighted by molar-refractivity contribution is 5.67. The summed E-state index contributed by atoms with van der Waals surface area (Å²) in [4.78, 5) is 0. The van der Waals surface area contributed by atoms with Gasteiger partial charge in [-0.25, -0.2) is 0 Å². The van der Waals surface area contributed by atoms with Crippen LogP contribution in [0.1, 0.15) is 88.2 Å². The molecule has 6 N–H and O–H groups in total. The molecule has 0 saturated heterocycles. The fraction of sp³-hybridized carbons (Fsp3) is 0.455. The van der Waals surface area contributed by atoms with Crippen molar-refractivity contribution in [2.45, 2.75) is 87.9 Å². The molecule has 0 heterocycles. The van der Waals surface area contributed by atoms with Crippen LogP contribution in [-0.2, 0) is 10.8 Å². The van der Waals surface area contributed by atoms with Crippen molar-refractivity contribution in [1.82, 2.24) is 0 Å². The van der Waals surface area contributed by atoms with Gasteiger partial charge in [-0.15, -0.1) is 0 Å². The van der Waals surface area contributed by atoms with Gasteiger partial charge in [-0.05, 0) is 202 Å². The van der Waals surface area contributed by atoms with E-state index in [2.05, 4.69) is 6.07 Å². The zero-order valence-corrected chi connectivity index (χ0v) is 28.9. The number of nitrogens with two attached hydrogens (primary N) is 3. The van der Waals surface area contributed by atoms with E-state index in [1.807, 2.05) is 72.8 Å². The Labute approximate surface area is 295 Å². The summed E-state index contributed by atoms with van der Waals surface area (Å²) >= 11 is 0. The topological polar surface area (TPSA) is 106 Å². The smallest absolute Gasteiger partial charge is 0.212 e. The van der Waals surface area contributed by atoms with Crippen LogP contribution in [0.15, 0.2) is 78.9 Å². The Morgan fingerprint density at radius 3 is 0.920 bits per heavy atom. The second-order valence-corrected chi connectivity index (χ2v) is 17.4. The zero-order valence-electron chi connectivity index (χ0n) is 28.9. The predicted molar refractivity (Wildman–Crippen MR) is 199 cm³/mol. The minimum atomic E-state index is 0.0495. The summed E-state index contributed by atoms with van der Waals surface area (Å²) in [5.74, 6) is 9.11. The number of hydrogen-bond acceptors (Lipinski definition) is 6. The van der Waals surface area contributed by atoms with E-state index in [-0.39, 0.29) is 10.8 Å². The first-order chi connectivity index (χ1) is 24.3. The summed E-state index contributed by atoms with van der Waals surface area (Å²) in [6, 6.07) is 25.8. The first kappa shape index (κ1) is 30.5. The second-order valence-electron chi connectivity index (χ2n) is 17.4. The minimum absolute atomic E-state index is 0.0495. The van der Waals surface area contributed by atoms with Gasteiger partial charge in [-0.2, -0.15) is 0 Å². The lowest BCUT2D eigenvalue weighted by molar-refractivity contribution is -0.00959. The number of nitrogen functional groups attached to an aromatic ring is 3. The first-order valence-electron chi connectivity index (χ1n) is 19.1. The Bertz CT molecular complexity index is 1730. The van der Waals surface area contributed by atoms with E-state index >= 15 is 0 Å². The monoisotopic (exact) mass is 667 g/mol. The third-order valence-corrected chi connectivity index (χ3v) is 13.7.